The molecule has 3 N–H and O–H groups in total. The smallest absolute Gasteiger partial charge is 0.239 e. The van der Waals surface area contributed by atoms with Crippen LogP contribution < -0.4 is 16.0 Å². The van der Waals surface area contributed by atoms with Crippen LogP contribution in [-0.2, 0) is 11.3 Å². The summed E-state index contributed by atoms with van der Waals surface area (Å²) in [4.78, 5) is 20.1. The van der Waals surface area contributed by atoms with E-state index in [1.807, 2.05) is 40.1 Å². The van der Waals surface area contributed by atoms with Crippen molar-refractivity contribution in [2.75, 3.05) is 20.1 Å². The molecule has 1 amide bonds. The minimum atomic E-state index is -0.221. The van der Waals surface area contributed by atoms with E-state index in [2.05, 4.69) is 30.5 Å². The summed E-state index contributed by atoms with van der Waals surface area (Å²) in [5.41, 5.74) is -0.221. The molecule has 7 heteroatoms. The van der Waals surface area contributed by atoms with E-state index in [0.717, 1.165) is 31.8 Å². The number of imidazole rings is 1. The Hall–Kier alpha value is -2.05. The van der Waals surface area contributed by atoms with Gasteiger partial charge in [0.2, 0.25) is 5.91 Å². The number of amides is 1. The fraction of sp³-hybridized carbons (Fsp3) is 0.688. The van der Waals surface area contributed by atoms with Gasteiger partial charge in [0.25, 0.3) is 0 Å². The van der Waals surface area contributed by atoms with Crippen molar-refractivity contribution in [1.29, 1.82) is 0 Å². The Bertz CT molecular complexity index is 515. The highest BCUT2D eigenvalue weighted by Gasteiger charge is 2.13. The lowest BCUT2D eigenvalue weighted by atomic mass is 10.1. The van der Waals surface area contributed by atoms with Crippen LogP contribution in [0.5, 0.6) is 0 Å². The van der Waals surface area contributed by atoms with Gasteiger partial charge in [0.15, 0.2) is 5.96 Å². The van der Waals surface area contributed by atoms with E-state index in [1.54, 1.807) is 7.05 Å². The average molecular weight is 322 g/mol. The van der Waals surface area contributed by atoms with Crippen LogP contribution in [0.4, 0.5) is 0 Å². The quantitative estimate of drug-likeness (QED) is 0.398. The summed E-state index contributed by atoms with van der Waals surface area (Å²) in [5, 5.41) is 9.14. The minimum Gasteiger partial charge on any atom is -0.356 e. The summed E-state index contributed by atoms with van der Waals surface area (Å²) in [6, 6.07) is 0. The number of rotatable bonds is 7. The van der Waals surface area contributed by atoms with Crippen molar-refractivity contribution < 1.29 is 4.79 Å². The Morgan fingerprint density at radius 1 is 1.30 bits per heavy atom. The number of aromatic nitrogens is 2. The molecule has 23 heavy (non-hydrogen) atoms. The molecule has 7 nitrogen and oxygen atoms in total. The monoisotopic (exact) mass is 322 g/mol. The molecule has 1 heterocycles. The molecule has 0 spiro atoms. The second-order valence-corrected chi connectivity index (χ2v) is 6.53. The number of carbonyl (C=O) groups is 1. The maximum Gasteiger partial charge on any atom is 0.239 e. The highest BCUT2D eigenvalue weighted by molar-refractivity contribution is 5.86. The van der Waals surface area contributed by atoms with Gasteiger partial charge in [-0.05, 0) is 40.5 Å². The van der Waals surface area contributed by atoms with Crippen LogP contribution in [0.15, 0.2) is 17.4 Å². The molecule has 130 valence electrons. The fourth-order valence-electron chi connectivity index (χ4n) is 2.10. The maximum absolute atomic E-state index is 11.8. The van der Waals surface area contributed by atoms with Gasteiger partial charge in [-0.25, -0.2) is 4.98 Å². The first kappa shape index (κ1) is 19.0. The number of carbonyl (C=O) groups excluding carboxylic acids is 1. The van der Waals surface area contributed by atoms with E-state index in [9.17, 15) is 4.79 Å². The first-order valence-electron chi connectivity index (χ1n) is 8.05. The van der Waals surface area contributed by atoms with Gasteiger partial charge in [0.1, 0.15) is 5.82 Å². The summed E-state index contributed by atoms with van der Waals surface area (Å²) in [6.45, 7) is 9.87. The predicted molar refractivity (Wildman–Crippen MR) is 93.5 cm³/mol. The van der Waals surface area contributed by atoms with Crippen LogP contribution in [0.25, 0.3) is 0 Å². The van der Waals surface area contributed by atoms with Gasteiger partial charge in [-0.2, -0.15) is 0 Å². The van der Waals surface area contributed by atoms with Gasteiger partial charge in [0, 0.05) is 38.1 Å². The molecule has 0 unspecified atom stereocenters. The molecule has 0 radical (unpaired) electrons. The summed E-state index contributed by atoms with van der Waals surface area (Å²) in [7, 11) is 1.70. The zero-order valence-electron chi connectivity index (χ0n) is 14.9. The summed E-state index contributed by atoms with van der Waals surface area (Å²) >= 11 is 0. The van der Waals surface area contributed by atoms with Crippen molar-refractivity contribution in [3.63, 3.8) is 0 Å². The molecule has 1 rings (SSSR count). The lowest BCUT2D eigenvalue weighted by Crippen LogP contribution is -2.48. The predicted octanol–water partition coefficient (Wildman–Crippen LogP) is 1.05. The number of hydrogen-bond acceptors (Lipinski definition) is 3. The third-order valence-corrected chi connectivity index (χ3v) is 3.20. The van der Waals surface area contributed by atoms with E-state index in [0.29, 0.717) is 5.96 Å². The molecule has 0 aromatic carbocycles. The Kier molecular flexibility index (Phi) is 7.57. The molecular weight excluding hydrogens is 292 g/mol. The molecular formula is C16H30N6O. The lowest BCUT2D eigenvalue weighted by Gasteiger charge is -2.21. The fourth-order valence-corrected chi connectivity index (χ4v) is 2.10. The van der Waals surface area contributed by atoms with E-state index >= 15 is 0 Å². The molecule has 1 aromatic heterocycles. The number of guanidine groups is 1. The zero-order chi connectivity index (χ0) is 17.3. The van der Waals surface area contributed by atoms with Gasteiger partial charge < -0.3 is 20.5 Å². The first-order valence-corrected chi connectivity index (χ1v) is 8.05. The zero-order valence-corrected chi connectivity index (χ0v) is 14.9. The Labute approximate surface area is 139 Å². The van der Waals surface area contributed by atoms with Crippen molar-refractivity contribution in [2.24, 2.45) is 4.99 Å². The van der Waals surface area contributed by atoms with E-state index in [4.69, 9.17) is 0 Å². The van der Waals surface area contributed by atoms with Gasteiger partial charge in [-0.3, -0.25) is 9.79 Å². The third-order valence-electron chi connectivity index (χ3n) is 3.20. The minimum absolute atomic E-state index is 0.0453. The average Bonchev–Trinajstić information content (AvgIpc) is 2.85. The molecule has 0 saturated heterocycles. The number of unbranched alkanes of at least 4 members (excludes halogenated alkanes) is 1. The number of aliphatic imine (C=N–C) groups is 1. The van der Waals surface area contributed by atoms with Gasteiger partial charge in [-0.15, -0.1) is 0 Å². The van der Waals surface area contributed by atoms with E-state index in [-0.39, 0.29) is 18.0 Å². The molecule has 0 saturated carbocycles. The van der Waals surface area contributed by atoms with Crippen LogP contribution in [0.2, 0.25) is 0 Å². The van der Waals surface area contributed by atoms with Crippen molar-refractivity contribution in [2.45, 2.75) is 52.6 Å². The SMILES string of the molecule is CN=C(NCCCCn1ccnc1C)NCC(=O)NC(C)(C)C. The number of hydrogen-bond donors (Lipinski definition) is 3. The summed E-state index contributed by atoms with van der Waals surface area (Å²) in [5.74, 6) is 1.64. The van der Waals surface area contributed by atoms with Crippen molar-refractivity contribution in [3.8, 4) is 0 Å². The van der Waals surface area contributed by atoms with Crippen molar-refractivity contribution in [3.05, 3.63) is 18.2 Å². The van der Waals surface area contributed by atoms with Crippen LogP contribution in [-0.4, -0.2) is 47.1 Å². The Balaban J connectivity index is 2.17. The molecule has 0 atom stereocenters. The standard InChI is InChI=1S/C16H30N6O/c1-13-18-9-11-22(13)10-7-6-8-19-15(17-5)20-12-14(23)21-16(2,3)4/h9,11H,6-8,10,12H2,1-5H3,(H,21,23)(H2,17,19,20). The first-order chi connectivity index (χ1) is 10.8. The molecule has 1 aromatic rings. The summed E-state index contributed by atoms with van der Waals surface area (Å²) < 4.78 is 2.14. The topological polar surface area (TPSA) is 83.3 Å². The Morgan fingerprint density at radius 2 is 2.04 bits per heavy atom. The summed E-state index contributed by atoms with van der Waals surface area (Å²) in [6.07, 6.45) is 5.90. The molecule has 0 aliphatic heterocycles. The lowest BCUT2D eigenvalue weighted by molar-refractivity contribution is -0.121. The molecule has 0 fully saturated rings. The number of nitrogens with zero attached hydrogens (tertiary/aromatic N) is 3. The highest BCUT2D eigenvalue weighted by Crippen LogP contribution is 1.99. The van der Waals surface area contributed by atoms with Crippen LogP contribution >= 0.6 is 0 Å². The second kappa shape index (κ2) is 9.17. The second-order valence-electron chi connectivity index (χ2n) is 6.53. The molecule has 0 bridgehead atoms. The number of aryl methyl sites for hydroxylation is 2. The van der Waals surface area contributed by atoms with E-state index in [1.165, 1.54) is 0 Å². The normalized spacial score (nSPS) is 12.1. The number of nitrogens with one attached hydrogen (secondary N) is 3. The van der Waals surface area contributed by atoms with Gasteiger partial charge >= 0.3 is 0 Å². The van der Waals surface area contributed by atoms with E-state index < -0.39 is 0 Å². The van der Waals surface area contributed by atoms with Crippen LogP contribution in [0.3, 0.4) is 0 Å². The van der Waals surface area contributed by atoms with Crippen LogP contribution in [0, 0.1) is 6.92 Å². The highest BCUT2D eigenvalue weighted by atomic mass is 16.2. The van der Waals surface area contributed by atoms with Crippen molar-refractivity contribution in [1.82, 2.24) is 25.5 Å². The largest absolute Gasteiger partial charge is 0.356 e. The van der Waals surface area contributed by atoms with Gasteiger partial charge in [-0.1, -0.05) is 0 Å². The third kappa shape index (κ3) is 8.23. The Morgan fingerprint density at radius 3 is 2.61 bits per heavy atom. The molecule has 0 aliphatic rings. The van der Waals surface area contributed by atoms with Gasteiger partial charge in [0.05, 0.1) is 6.54 Å². The maximum atomic E-state index is 11.8. The van der Waals surface area contributed by atoms with Crippen molar-refractivity contribution >= 4 is 11.9 Å². The van der Waals surface area contributed by atoms with Crippen LogP contribution in [0.1, 0.15) is 39.4 Å². The molecule has 0 aliphatic carbocycles.